The molecule has 1 rings (SSSR count). The summed E-state index contributed by atoms with van der Waals surface area (Å²) in [5.74, 6) is 0. The van der Waals surface area contributed by atoms with Crippen LogP contribution in [0.15, 0.2) is 29.2 Å². The van der Waals surface area contributed by atoms with Crippen LogP contribution < -0.4 is 5.73 Å². The fraction of sp³-hybridized carbons (Fsp3) is 0.125. The number of carbonyl (C=O) groups excluding carboxylic acids is 1. The van der Waals surface area contributed by atoms with E-state index in [0.717, 1.165) is 22.2 Å². The predicted octanol–water partition coefficient (Wildman–Crippen LogP) is 2.29. The van der Waals surface area contributed by atoms with Crippen LogP contribution in [0.5, 0.6) is 0 Å². The maximum atomic E-state index is 10.6. The number of benzene rings is 1. The zero-order valence-electron chi connectivity index (χ0n) is 6.36. The summed E-state index contributed by atoms with van der Waals surface area (Å²) >= 11 is 4.76. The first kappa shape index (κ1) is 9.64. The summed E-state index contributed by atoms with van der Waals surface area (Å²) in [5, 5.41) is 0. The lowest BCUT2D eigenvalue weighted by Crippen LogP contribution is -1.94. The molecule has 0 aliphatic carbocycles. The van der Waals surface area contributed by atoms with Crippen molar-refractivity contribution >= 4 is 28.8 Å². The Kier molecular flexibility index (Phi) is 3.65. The van der Waals surface area contributed by atoms with E-state index in [9.17, 15) is 4.79 Å². The van der Waals surface area contributed by atoms with Crippen LogP contribution >= 0.6 is 24.4 Å². The summed E-state index contributed by atoms with van der Waals surface area (Å²) < 4.78 is -0.199. The van der Waals surface area contributed by atoms with Gasteiger partial charge in [0.15, 0.2) is 0 Å². The molecule has 1 aromatic carbocycles. The number of carbonyl (C=O) groups is 1. The molecule has 0 heterocycles. The van der Waals surface area contributed by atoms with E-state index in [2.05, 4.69) is 12.6 Å². The van der Waals surface area contributed by atoms with Crippen molar-refractivity contribution < 1.29 is 4.79 Å². The van der Waals surface area contributed by atoms with Crippen LogP contribution in [0.3, 0.4) is 0 Å². The second kappa shape index (κ2) is 4.54. The Morgan fingerprint density at radius 3 is 2.42 bits per heavy atom. The Bertz CT molecular complexity index is 271. The summed E-state index contributed by atoms with van der Waals surface area (Å²) in [6.07, 6.45) is 0. The van der Waals surface area contributed by atoms with Crippen LogP contribution in [0, 0.1) is 0 Å². The van der Waals surface area contributed by atoms with E-state index in [1.54, 1.807) is 0 Å². The van der Waals surface area contributed by atoms with Gasteiger partial charge in [0.2, 0.25) is 4.45 Å². The highest BCUT2D eigenvalue weighted by atomic mass is 32.2. The summed E-state index contributed by atoms with van der Waals surface area (Å²) in [4.78, 5) is 11.5. The third kappa shape index (κ3) is 2.89. The molecular formula is C8H9NOS2. The second-order valence-corrected chi connectivity index (χ2v) is 3.97. The van der Waals surface area contributed by atoms with Gasteiger partial charge in [-0.05, 0) is 29.5 Å². The number of hydrogen-bond acceptors (Lipinski definition) is 3. The molecule has 0 saturated heterocycles. The number of nitrogens with two attached hydrogens (primary N) is 1. The Hall–Kier alpha value is -0.450. The molecule has 2 nitrogen and oxygen atoms in total. The van der Waals surface area contributed by atoms with Gasteiger partial charge in [-0.3, -0.25) is 4.79 Å². The average molecular weight is 199 g/mol. The summed E-state index contributed by atoms with van der Waals surface area (Å²) in [7, 11) is 0. The van der Waals surface area contributed by atoms with Crippen LogP contribution in [0.25, 0.3) is 0 Å². The minimum absolute atomic E-state index is 0.199. The maximum absolute atomic E-state index is 10.6. The topological polar surface area (TPSA) is 43.1 Å². The molecule has 0 saturated carbocycles. The lowest BCUT2D eigenvalue weighted by Gasteiger charge is -1.98. The lowest BCUT2D eigenvalue weighted by atomic mass is 10.2. The van der Waals surface area contributed by atoms with Crippen LogP contribution in [-0.2, 0) is 6.54 Å². The standard InChI is InChI=1S/C8H9NOS2/c9-5-6-1-3-7(4-2-6)12-8(10)11/h1-4H,5,9H2,(H,10,11). The van der Waals surface area contributed by atoms with Crippen LogP contribution in [0.4, 0.5) is 4.79 Å². The summed E-state index contributed by atoms with van der Waals surface area (Å²) in [5.41, 5.74) is 6.47. The van der Waals surface area contributed by atoms with Crippen LogP contribution in [-0.4, -0.2) is 4.45 Å². The third-order valence-corrected chi connectivity index (χ3v) is 2.32. The number of thiol groups is 1. The minimum atomic E-state index is -0.199. The Balaban J connectivity index is 2.71. The largest absolute Gasteiger partial charge is 0.326 e. The molecule has 0 bridgehead atoms. The van der Waals surface area contributed by atoms with Crippen molar-refractivity contribution in [3.63, 3.8) is 0 Å². The van der Waals surface area contributed by atoms with Crippen molar-refractivity contribution in [1.82, 2.24) is 0 Å². The fourth-order valence-corrected chi connectivity index (χ4v) is 1.58. The van der Waals surface area contributed by atoms with Crippen molar-refractivity contribution in [2.75, 3.05) is 0 Å². The first-order chi connectivity index (χ1) is 5.72. The Labute approximate surface area is 80.9 Å². The van der Waals surface area contributed by atoms with E-state index in [1.165, 1.54) is 0 Å². The summed E-state index contributed by atoms with van der Waals surface area (Å²) in [6.45, 7) is 0.528. The molecule has 0 radical (unpaired) electrons. The average Bonchev–Trinajstić information content (AvgIpc) is 2.05. The summed E-state index contributed by atoms with van der Waals surface area (Å²) in [6, 6.07) is 7.53. The first-order valence-electron chi connectivity index (χ1n) is 3.42. The molecule has 0 aliphatic heterocycles. The highest BCUT2D eigenvalue weighted by molar-refractivity contribution is 8.32. The van der Waals surface area contributed by atoms with E-state index in [-0.39, 0.29) is 4.45 Å². The molecule has 0 unspecified atom stereocenters. The maximum Gasteiger partial charge on any atom is 0.247 e. The van der Waals surface area contributed by atoms with Crippen molar-refractivity contribution in [2.45, 2.75) is 11.4 Å². The zero-order chi connectivity index (χ0) is 8.97. The normalized spacial score (nSPS) is 9.83. The van der Waals surface area contributed by atoms with Gasteiger partial charge in [-0.15, -0.1) is 0 Å². The number of thioether (sulfide) groups is 1. The van der Waals surface area contributed by atoms with Gasteiger partial charge in [0.1, 0.15) is 0 Å². The predicted molar refractivity (Wildman–Crippen MR) is 54.6 cm³/mol. The molecule has 64 valence electrons. The van der Waals surface area contributed by atoms with Crippen LogP contribution in [0.2, 0.25) is 0 Å². The highest BCUT2D eigenvalue weighted by Crippen LogP contribution is 2.21. The molecule has 4 heteroatoms. The van der Waals surface area contributed by atoms with Crippen molar-refractivity contribution in [1.29, 1.82) is 0 Å². The molecule has 0 aromatic heterocycles. The zero-order valence-corrected chi connectivity index (χ0v) is 8.07. The van der Waals surface area contributed by atoms with Gasteiger partial charge in [-0.1, -0.05) is 24.8 Å². The SMILES string of the molecule is NCc1ccc(SC(=O)S)cc1. The molecule has 0 aliphatic rings. The second-order valence-electron chi connectivity index (χ2n) is 2.22. The number of rotatable bonds is 2. The lowest BCUT2D eigenvalue weighted by molar-refractivity contribution is 0.277. The number of hydrogen-bond donors (Lipinski definition) is 2. The molecule has 0 fully saturated rings. The van der Waals surface area contributed by atoms with Crippen molar-refractivity contribution in [3.8, 4) is 0 Å². The van der Waals surface area contributed by atoms with Crippen molar-refractivity contribution in [2.24, 2.45) is 5.73 Å². The molecule has 0 atom stereocenters. The van der Waals surface area contributed by atoms with E-state index < -0.39 is 0 Å². The quantitative estimate of drug-likeness (QED) is 0.567. The van der Waals surface area contributed by atoms with E-state index in [4.69, 9.17) is 5.73 Å². The molecule has 0 spiro atoms. The smallest absolute Gasteiger partial charge is 0.247 e. The van der Waals surface area contributed by atoms with Gasteiger partial charge in [0.05, 0.1) is 0 Å². The highest BCUT2D eigenvalue weighted by Gasteiger charge is 1.98. The van der Waals surface area contributed by atoms with Gasteiger partial charge >= 0.3 is 0 Å². The van der Waals surface area contributed by atoms with E-state index >= 15 is 0 Å². The van der Waals surface area contributed by atoms with E-state index in [0.29, 0.717) is 6.54 Å². The monoisotopic (exact) mass is 199 g/mol. The van der Waals surface area contributed by atoms with E-state index in [1.807, 2.05) is 24.3 Å². The van der Waals surface area contributed by atoms with Gasteiger partial charge < -0.3 is 5.73 Å². The van der Waals surface area contributed by atoms with Crippen molar-refractivity contribution in [3.05, 3.63) is 29.8 Å². The molecule has 2 N–H and O–H groups in total. The van der Waals surface area contributed by atoms with Gasteiger partial charge in [0.25, 0.3) is 0 Å². The molecule has 1 aromatic rings. The molecule has 0 amide bonds. The van der Waals surface area contributed by atoms with Gasteiger partial charge in [-0.25, -0.2) is 0 Å². The Morgan fingerprint density at radius 2 is 2.00 bits per heavy atom. The minimum Gasteiger partial charge on any atom is -0.326 e. The third-order valence-electron chi connectivity index (χ3n) is 1.36. The molecular weight excluding hydrogens is 190 g/mol. The Morgan fingerprint density at radius 1 is 1.42 bits per heavy atom. The van der Waals surface area contributed by atoms with Gasteiger partial charge in [-0.2, -0.15) is 0 Å². The first-order valence-corrected chi connectivity index (χ1v) is 4.68. The van der Waals surface area contributed by atoms with Crippen LogP contribution in [0.1, 0.15) is 5.56 Å². The fourth-order valence-electron chi connectivity index (χ4n) is 0.794. The van der Waals surface area contributed by atoms with Gasteiger partial charge in [0, 0.05) is 11.4 Å². The molecule has 12 heavy (non-hydrogen) atoms.